The maximum atomic E-state index is 13.3. The van der Waals surface area contributed by atoms with Crippen LogP contribution in [0.15, 0.2) is 71.1 Å². The molecule has 0 unspecified atom stereocenters. The minimum absolute atomic E-state index is 0.0142. The Bertz CT molecular complexity index is 1330. The van der Waals surface area contributed by atoms with E-state index < -0.39 is 11.7 Å². The van der Waals surface area contributed by atoms with Crippen molar-refractivity contribution in [3.63, 3.8) is 0 Å². The zero-order valence-electron chi connectivity index (χ0n) is 18.2. The van der Waals surface area contributed by atoms with Crippen molar-refractivity contribution in [3.05, 3.63) is 88.6 Å². The molecule has 168 valence electrons. The van der Waals surface area contributed by atoms with Crippen LogP contribution in [0.4, 0.5) is 5.69 Å². The maximum absolute atomic E-state index is 13.3. The van der Waals surface area contributed by atoms with Crippen molar-refractivity contribution >= 4 is 39.9 Å². The van der Waals surface area contributed by atoms with Gasteiger partial charge in [-0.15, -0.1) is 0 Å². The number of anilines is 1. The third-order valence-electron chi connectivity index (χ3n) is 4.92. The molecule has 0 aliphatic carbocycles. The predicted octanol–water partition coefficient (Wildman–Crippen LogP) is 6.04. The number of halogens is 1. The first-order chi connectivity index (χ1) is 16.0. The Morgan fingerprint density at radius 3 is 2.58 bits per heavy atom. The van der Waals surface area contributed by atoms with Crippen LogP contribution in [0.25, 0.3) is 11.0 Å². The molecule has 1 heterocycles. The van der Waals surface area contributed by atoms with Gasteiger partial charge in [-0.25, -0.2) is 0 Å². The predicted molar refractivity (Wildman–Crippen MR) is 128 cm³/mol. The summed E-state index contributed by atoms with van der Waals surface area (Å²) in [5, 5.41) is 3.71. The summed E-state index contributed by atoms with van der Waals surface area (Å²) in [6, 6.07) is 19.3. The molecule has 0 radical (unpaired) electrons. The molecular formula is C26H22ClNO5. The third-order valence-corrected chi connectivity index (χ3v) is 5.21. The molecule has 0 fully saturated rings. The Kier molecular flexibility index (Phi) is 6.66. The molecule has 33 heavy (non-hydrogen) atoms. The summed E-state index contributed by atoms with van der Waals surface area (Å²) in [5.74, 6) is 0.262. The number of aryl methyl sites for hydroxylation is 1. The number of ether oxygens (including phenoxy) is 2. The molecule has 4 aromatic rings. The lowest BCUT2D eigenvalue weighted by Gasteiger charge is -2.09. The Hall–Kier alpha value is -3.77. The fourth-order valence-corrected chi connectivity index (χ4v) is 3.64. The number of nitrogens with one attached hydrogen (secondary N) is 1. The first-order valence-corrected chi connectivity index (χ1v) is 10.8. The van der Waals surface area contributed by atoms with Gasteiger partial charge in [0.05, 0.1) is 17.3 Å². The molecule has 1 amide bonds. The van der Waals surface area contributed by atoms with Gasteiger partial charge in [-0.2, -0.15) is 0 Å². The average molecular weight is 464 g/mol. The lowest BCUT2D eigenvalue weighted by atomic mass is 10.1. The molecule has 0 aliphatic heterocycles. The summed E-state index contributed by atoms with van der Waals surface area (Å²) >= 11 is 6.26. The van der Waals surface area contributed by atoms with E-state index in [2.05, 4.69) is 5.32 Å². The van der Waals surface area contributed by atoms with E-state index >= 15 is 0 Å². The minimum Gasteiger partial charge on any atom is -0.492 e. The number of rotatable bonds is 8. The second-order valence-corrected chi connectivity index (χ2v) is 7.77. The van der Waals surface area contributed by atoms with Crippen LogP contribution in [0.1, 0.15) is 28.6 Å². The molecule has 6 nitrogen and oxygen atoms in total. The van der Waals surface area contributed by atoms with Crippen molar-refractivity contribution in [3.8, 4) is 11.5 Å². The van der Waals surface area contributed by atoms with Gasteiger partial charge >= 0.3 is 0 Å². The van der Waals surface area contributed by atoms with Crippen molar-refractivity contribution in [2.75, 3.05) is 18.5 Å². The first-order valence-electron chi connectivity index (χ1n) is 10.4. The molecule has 0 bridgehead atoms. The lowest BCUT2D eigenvalue weighted by molar-refractivity contribution is -0.118. The van der Waals surface area contributed by atoms with Gasteiger partial charge < -0.3 is 19.2 Å². The Morgan fingerprint density at radius 1 is 1.00 bits per heavy atom. The van der Waals surface area contributed by atoms with Crippen LogP contribution in [0.5, 0.6) is 11.5 Å². The molecule has 3 aromatic carbocycles. The van der Waals surface area contributed by atoms with Gasteiger partial charge in [-0.1, -0.05) is 35.9 Å². The standard InChI is InChI=1S/C26H22ClNO5/c1-3-31-22-12-11-17(14-20(22)27)25(30)26-24(19-9-4-5-10-21(19)33-26)28-23(29)15-32-18-8-6-7-16(2)13-18/h4-14H,3,15H2,1-2H3,(H,28,29). The van der Waals surface area contributed by atoms with E-state index in [9.17, 15) is 9.59 Å². The van der Waals surface area contributed by atoms with Crippen LogP contribution in [-0.2, 0) is 4.79 Å². The normalized spacial score (nSPS) is 10.8. The van der Waals surface area contributed by atoms with Crippen LogP contribution in [0, 0.1) is 6.92 Å². The number of hydrogen-bond acceptors (Lipinski definition) is 5. The molecule has 0 atom stereocenters. The quantitative estimate of drug-likeness (QED) is 0.322. The van der Waals surface area contributed by atoms with Crippen molar-refractivity contribution < 1.29 is 23.5 Å². The number of ketones is 1. The summed E-state index contributed by atoms with van der Waals surface area (Å²) in [6.45, 7) is 4.03. The van der Waals surface area contributed by atoms with E-state index in [1.165, 1.54) is 6.07 Å². The highest BCUT2D eigenvalue weighted by Crippen LogP contribution is 2.34. The van der Waals surface area contributed by atoms with Crippen molar-refractivity contribution in [2.45, 2.75) is 13.8 Å². The summed E-state index contributed by atoms with van der Waals surface area (Å²) in [7, 11) is 0. The van der Waals surface area contributed by atoms with E-state index in [0.717, 1.165) is 5.56 Å². The highest BCUT2D eigenvalue weighted by Gasteiger charge is 2.24. The fourth-order valence-electron chi connectivity index (χ4n) is 3.40. The third kappa shape index (κ3) is 5.02. The molecular weight excluding hydrogens is 442 g/mol. The highest BCUT2D eigenvalue weighted by atomic mass is 35.5. The molecule has 7 heteroatoms. The Balaban J connectivity index is 1.61. The summed E-state index contributed by atoms with van der Waals surface area (Å²) in [6.07, 6.45) is 0. The molecule has 0 saturated heterocycles. The average Bonchev–Trinajstić information content (AvgIpc) is 3.17. The van der Waals surface area contributed by atoms with Gasteiger partial charge in [-0.3, -0.25) is 9.59 Å². The van der Waals surface area contributed by atoms with Crippen molar-refractivity contribution in [1.29, 1.82) is 0 Å². The molecule has 0 saturated carbocycles. The van der Waals surface area contributed by atoms with Gasteiger partial charge in [0, 0.05) is 10.9 Å². The highest BCUT2D eigenvalue weighted by molar-refractivity contribution is 6.32. The topological polar surface area (TPSA) is 77.8 Å². The Labute approximate surface area is 196 Å². The van der Waals surface area contributed by atoms with Crippen molar-refractivity contribution in [2.24, 2.45) is 0 Å². The van der Waals surface area contributed by atoms with Crippen LogP contribution in [0.3, 0.4) is 0 Å². The molecule has 1 aromatic heterocycles. The number of furan rings is 1. The minimum atomic E-state index is -0.415. The fraction of sp³-hybridized carbons (Fsp3) is 0.154. The van der Waals surface area contributed by atoms with Crippen LogP contribution >= 0.6 is 11.6 Å². The number of amides is 1. The second-order valence-electron chi connectivity index (χ2n) is 7.36. The Morgan fingerprint density at radius 2 is 1.82 bits per heavy atom. The van der Waals surface area contributed by atoms with Gasteiger partial charge in [-0.05, 0) is 61.9 Å². The van der Waals surface area contributed by atoms with E-state index in [-0.39, 0.29) is 12.4 Å². The molecule has 0 spiro atoms. The number of carbonyl (C=O) groups is 2. The maximum Gasteiger partial charge on any atom is 0.262 e. The largest absolute Gasteiger partial charge is 0.492 e. The monoisotopic (exact) mass is 463 g/mol. The number of para-hydroxylation sites is 1. The smallest absolute Gasteiger partial charge is 0.262 e. The molecule has 0 aliphatic rings. The van der Waals surface area contributed by atoms with Gasteiger partial charge in [0.1, 0.15) is 17.1 Å². The van der Waals surface area contributed by atoms with Gasteiger partial charge in [0.2, 0.25) is 5.78 Å². The number of benzene rings is 3. The van der Waals surface area contributed by atoms with Crippen LogP contribution in [0.2, 0.25) is 5.02 Å². The van der Waals surface area contributed by atoms with E-state index in [1.54, 1.807) is 42.5 Å². The SMILES string of the molecule is CCOc1ccc(C(=O)c2oc3ccccc3c2NC(=O)COc2cccc(C)c2)cc1Cl. The number of hydrogen-bond donors (Lipinski definition) is 1. The van der Waals surface area contributed by atoms with Crippen LogP contribution in [-0.4, -0.2) is 24.9 Å². The lowest BCUT2D eigenvalue weighted by Crippen LogP contribution is -2.21. The van der Waals surface area contributed by atoms with Crippen molar-refractivity contribution in [1.82, 2.24) is 0 Å². The van der Waals surface area contributed by atoms with Crippen LogP contribution < -0.4 is 14.8 Å². The second kappa shape index (κ2) is 9.79. The van der Waals surface area contributed by atoms with Gasteiger partial charge in [0.25, 0.3) is 5.91 Å². The van der Waals surface area contributed by atoms with E-state index in [0.29, 0.717) is 45.3 Å². The zero-order valence-corrected chi connectivity index (χ0v) is 18.9. The summed E-state index contributed by atoms with van der Waals surface area (Å²) < 4.78 is 16.9. The molecule has 4 rings (SSSR count). The molecule has 1 N–H and O–H groups in total. The summed E-state index contributed by atoms with van der Waals surface area (Å²) in [5.41, 5.74) is 2.11. The van der Waals surface area contributed by atoms with E-state index in [4.69, 9.17) is 25.5 Å². The summed E-state index contributed by atoms with van der Waals surface area (Å²) in [4.78, 5) is 25.9. The number of carbonyl (C=O) groups excluding carboxylic acids is 2. The number of fused-ring (bicyclic) bond motifs is 1. The zero-order chi connectivity index (χ0) is 23.4. The van der Waals surface area contributed by atoms with Gasteiger partial charge in [0.15, 0.2) is 12.4 Å². The first kappa shape index (κ1) is 22.4. The van der Waals surface area contributed by atoms with E-state index in [1.807, 2.05) is 32.0 Å².